The predicted molar refractivity (Wildman–Crippen MR) is 104 cm³/mol. The van der Waals surface area contributed by atoms with Gasteiger partial charge >= 0.3 is 0 Å². The van der Waals surface area contributed by atoms with Crippen LogP contribution in [0.25, 0.3) is 0 Å². The van der Waals surface area contributed by atoms with Gasteiger partial charge in [-0.25, -0.2) is 8.42 Å². The molecule has 2 aromatic carbocycles. The van der Waals surface area contributed by atoms with Gasteiger partial charge in [-0.3, -0.25) is 19.2 Å². The number of nitro benzene ring substituents is 1. The Hall–Kier alpha value is -2.45. The van der Waals surface area contributed by atoms with Crippen molar-refractivity contribution in [1.82, 2.24) is 0 Å². The predicted octanol–water partition coefficient (Wildman–Crippen LogP) is 3.87. The lowest BCUT2D eigenvalue weighted by Gasteiger charge is -2.31. The number of rotatable bonds is 6. The van der Waals surface area contributed by atoms with E-state index in [2.05, 4.69) is 0 Å². The first-order valence-corrected chi connectivity index (χ1v) is 9.85. The molecule has 27 heavy (non-hydrogen) atoms. The molecule has 144 valence electrons. The highest BCUT2D eigenvalue weighted by Gasteiger charge is 2.38. The normalized spacial score (nSPS) is 12.5. The van der Waals surface area contributed by atoms with Crippen LogP contribution in [0.1, 0.15) is 23.6 Å². The van der Waals surface area contributed by atoms with E-state index in [0.29, 0.717) is 11.1 Å². The Kier molecular flexibility index (Phi) is 5.91. The summed E-state index contributed by atoms with van der Waals surface area (Å²) in [5, 5.41) is 10.4. The fraction of sp³-hybridized carbons (Fsp3) is 0.278. The Morgan fingerprint density at radius 3 is 2.15 bits per heavy atom. The zero-order valence-electron chi connectivity index (χ0n) is 15.3. The Balaban J connectivity index is 2.85. The van der Waals surface area contributed by atoms with Crippen LogP contribution in [-0.2, 0) is 14.8 Å². The minimum absolute atomic E-state index is 0.278. The molecule has 0 fully saturated rings. The first-order chi connectivity index (χ1) is 12.5. The van der Waals surface area contributed by atoms with E-state index in [1.807, 2.05) is 6.92 Å². The third-order valence-corrected chi connectivity index (χ3v) is 6.37. The summed E-state index contributed by atoms with van der Waals surface area (Å²) < 4.78 is 27.7. The van der Waals surface area contributed by atoms with Gasteiger partial charge in [-0.05, 0) is 56.5 Å². The largest absolute Gasteiger partial charge is 0.289 e. The van der Waals surface area contributed by atoms with Crippen molar-refractivity contribution >= 4 is 38.2 Å². The second kappa shape index (κ2) is 7.66. The molecule has 7 nitrogen and oxygen atoms in total. The quantitative estimate of drug-likeness (QED) is 0.409. The van der Waals surface area contributed by atoms with Gasteiger partial charge in [-0.1, -0.05) is 29.8 Å². The molecular weight excluding hydrogens is 392 g/mol. The second-order valence-electron chi connectivity index (χ2n) is 6.25. The van der Waals surface area contributed by atoms with Crippen LogP contribution in [0.2, 0.25) is 0 Å². The minimum atomic E-state index is -4.45. The number of anilines is 1. The van der Waals surface area contributed by atoms with E-state index in [9.17, 15) is 23.3 Å². The van der Waals surface area contributed by atoms with Gasteiger partial charge in [0.15, 0.2) is 4.90 Å². The van der Waals surface area contributed by atoms with Gasteiger partial charge in [-0.2, -0.15) is 0 Å². The number of benzene rings is 2. The van der Waals surface area contributed by atoms with E-state index in [0.717, 1.165) is 22.0 Å². The molecule has 0 spiro atoms. The van der Waals surface area contributed by atoms with Gasteiger partial charge in [0, 0.05) is 6.07 Å². The van der Waals surface area contributed by atoms with Gasteiger partial charge in [0.2, 0.25) is 5.24 Å². The van der Waals surface area contributed by atoms with Crippen molar-refractivity contribution in [2.24, 2.45) is 0 Å². The van der Waals surface area contributed by atoms with Crippen LogP contribution < -0.4 is 4.31 Å². The standard InChI is InChI=1S/C18H19ClN2O5S/c1-11-9-12(2)17(13(3)10-11)20(14(4)18(19)22)27(25,26)16-8-6-5-7-15(16)21(23)24/h5-10,14H,1-4H3. The maximum absolute atomic E-state index is 13.4. The minimum Gasteiger partial charge on any atom is -0.279 e. The zero-order valence-corrected chi connectivity index (χ0v) is 16.8. The zero-order chi connectivity index (χ0) is 20.5. The summed E-state index contributed by atoms with van der Waals surface area (Å²) in [5.41, 5.74) is 1.85. The van der Waals surface area contributed by atoms with Crippen LogP contribution >= 0.6 is 11.6 Å². The molecule has 0 heterocycles. The molecule has 0 aliphatic heterocycles. The van der Waals surface area contributed by atoms with Crippen molar-refractivity contribution in [3.8, 4) is 0 Å². The lowest BCUT2D eigenvalue weighted by Crippen LogP contribution is -2.43. The number of hydrogen-bond donors (Lipinski definition) is 0. The topological polar surface area (TPSA) is 97.6 Å². The fourth-order valence-corrected chi connectivity index (χ4v) is 5.13. The van der Waals surface area contributed by atoms with Crippen LogP contribution in [0.15, 0.2) is 41.3 Å². The molecular formula is C18H19ClN2O5S. The number of carbonyl (C=O) groups is 1. The molecule has 1 unspecified atom stereocenters. The number of para-hydroxylation sites is 1. The van der Waals surface area contributed by atoms with Crippen LogP contribution in [0.3, 0.4) is 0 Å². The number of hydrogen-bond acceptors (Lipinski definition) is 5. The molecule has 0 aliphatic rings. The molecule has 0 aromatic heterocycles. The molecule has 2 aromatic rings. The van der Waals surface area contributed by atoms with Crippen molar-refractivity contribution in [2.45, 2.75) is 38.6 Å². The molecule has 9 heteroatoms. The third kappa shape index (κ3) is 3.96. The number of nitro groups is 1. The average Bonchev–Trinajstić information content (AvgIpc) is 2.57. The van der Waals surface area contributed by atoms with Crippen LogP contribution in [-0.4, -0.2) is 24.6 Å². The highest BCUT2D eigenvalue weighted by atomic mass is 35.5. The third-order valence-electron chi connectivity index (χ3n) is 4.13. The summed E-state index contributed by atoms with van der Waals surface area (Å²) in [6.07, 6.45) is 0. The van der Waals surface area contributed by atoms with Gasteiger partial charge in [0.1, 0.15) is 6.04 Å². The average molecular weight is 411 g/mol. The van der Waals surface area contributed by atoms with Crippen molar-refractivity contribution in [3.63, 3.8) is 0 Å². The summed E-state index contributed by atoms with van der Waals surface area (Å²) in [6.45, 7) is 6.63. The maximum atomic E-state index is 13.4. The summed E-state index contributed by atoms with van der Waals surface area (Å²) in [4.78, 5) is 21.9. The molecule has 0 radical (unpaired) electrons. The first-order valence-electron chi connectivity index (χ1n) is 8.03. The summed E-state index contributed by atoms with van der Waals surface area (Å²) in [6, 6.07) is 7.31. The lowest BCUT2D eigenvalue weighted by molar-refractivity contribution is -0.387. The van der Waals surface area contributed by atoms with E-state index in [-0.39, 0.29) is 5.69 Å². The van der Waals surface area contributed by atoms with E-state index >= 15 is 0 Å². The molecule has 0 aliphatic carbocycles. The van der Waals surface area contributed by atoms with E-state index in [1.165, 1.54) is 19.1 Å². The van der Waals surface area contributed by atoms with Crippen molar-refractivity contribution in [1.29, 1.82) is 0 Å². The Bertz CT molecular complexity index is 997. The van der Waals surface area contributed by atoms with Crippen LogP contribution in [0, 0.1) is 30.9 Å². The Morgan fingerprint density at radius 1 is 1.15 bits per heavy atom. The summed E-state index contributed by atoms with van der Waals surface area (Å²) in [7, 11) is -4.45. The summed E-state index contributed by atoms with van der Waals surface area (Å²) in [5.74, 6) is 0. The molecule has 1 atom stereocenters. The van der Waals surface area contributed by atoms with E-state index in [4.69, 9.17) is 11.6 Å². The molecule has 0 N–H and O–H groups in total. The van der Waals surface area contributed by atoms with Crippen molar-refractivity contribution in [2.75, 3.05) is 4.31 Å². The SMILES string of the molecule is Cc1cc(C)c(N(C(C)C(=O)Cl)S(=O)(=O)c2ccccc2[N+](=O)[O-])c(C)c1. The first kappa shape index (κ1) is 20.9. The number of halogens is 1. The van der Waals surface area contributed by atoms with Crippen LogP contribution in [0.4, 0.5) is 11.4 Å². The second-order valence-corrected chi connectivity index (χ2v) is 8.41. The fourth-order valence-electron chi connectivity index (χ4n) is 3.07. The lowest BCUT2D eigenvalue weighted by atomic mass is 10.0. The van der Waals surface area contributed by atoms with E-state index < -0.39 is 36.8 Å². The number of carbonyl (C=O) groups excluding carboxylic acids is 1. The molecule has 0 amide bonds. The van der Waals surface area contributed by atoms with Gasteiger partial charge < -0.3 is 0 Å². The Morgan fingerprint density at radius 2 is 1.67 bits per heavy atom. The molecule has 0 bridgehead atoms. The van der Waals surface area contributed by atoms with Crippen LogP contribution in [0.5, 0.6) is 0 Å². The number of nitrogens with zero attached hydrogens (tertiary/aromatic N) is 2. The maximum Gasteiger partial charge on any atom is 0.289 e. The highest BCUT2D eigenvalue weighted by molar-refractivity contribution is 7.93. The van der Waals surface area contributed by atoms with Gasteiger partial charge in [-0.15, -0.1) is 0 Å². The molecule has 2 rings (SSSR count). The van der Waals surface area contributed by atoms with Crippen molar-refractivity contribution in [3.05, 3.63) is 63.2 Å². The number of aryl methyl sites for hydroxylation is 3. The van der Waals surface area contributed by atoms with Gasteiger partial charge in [0.05, 0.1) is 10.6 Å². The Labute approximate surface area is 162 Å². The smallest absolute Gasteiger partial charge is 0.279 e. The van der Waals surface area contributed by atoms with E-state index in [1.54, 1.807) is 26.0 Å². The number of sulfonamides is 1. The summed E-state index contributed by atoms with van der Waals surface area (Å²) >= 11 is 5.63. The monoisotopic (exact) mass is 410 g/mol. The highest BCUT2D eigenvalue weighted by Crippen LogP contribution is 2.36. The van der Waals surface area contributed by atoms with Gasteiger partial charge in [0.25, 0.3) is 15.7 Å². The molecule has 0 saturated heterocycles. The molecule has 0 saturated carbocycles. The van der Waals surface area contributed by atoms with Crippen molar-refractivity contribution < 1.29 is 18.1 Å².